The van der Waals surface area contributed by atoms with E-state index in [4.69, 9.17) is 5.73 Å². The number of aliphatic hydroxyl groups is 1. The molecular formula is C13H18F3NO. The number of hydrogen-bond donors (Lipinski definition) is 2. The summed E-state index contributed by atoms with van der Waals surface area (Å²) in [5.74, 6) is 0. The summed E-state index contributed by atoms with van der Waals surface area (Å²) < 4.78 is 37.5. The molecule has 0 unspecified atom stereocenters. The van der Waals surface area contributed by atoms with Gasteiger partial charge in [-0.2, -0.15) is 13.2 Å². The lowest BCUT2D eigenvalue weighted by Crippen LogP contribution is -2.07. The molecule has 18 heavy (non-hydrogen) atoms. The molecular weight excluding hydrogens is 243 g/mol. The van der Waals surface area contributed by atoms with E-state index in [2.05, 4.69) is 0 Å². The second-order valence-electron chi connectivity index (χ2n) is 4.28. The SMILES string of the molecule is NCCCCC[C@@H](O)c1cccc(C(F)(F)F)c1. The molecule has 1 aromatic rings. The maximum atomic E-state index is 12.5. The van der Waals surface area contributed by atoms with E-state index in [1.54, 1.807) is 0 Å². The molecule has 2 nitrogen and oxygen atoms in total. The van der Waals surface area contributed by atoms with Crippen molar-refractivity contribution in [2.75, 3.05) is 6.54 Å². The van der Waals surface area contributed by atoms with Crippen molar-refractivity contribution < 1.29 is 18.3 Å². The Morgan fingerprint density at radius 2 is 1.89 bits per heavy atom. The fourth-order valence-corrected chi connectivity index (χ4v) is 1.75. The molecule has 0 amide bonds. The Labute approximate surface area is 105 Å². The van der Waals surface area contributed by atoms with Crippen LogP contribution in [0.25, 0.3) is 0 Å². The Kier molecular flexibility index (Phi) is 5.62. The molecule has 0 spiro atoms. The molecule has 0 aliphatic heterocycles. The summed E-state index contributed by atoms with van der Waals surface area (Å²) in [6.07, 6.45) is -2.24. The number of nitrogens with two attached hydrogens (primary N) is 1. The van der Waals surface area contributed by atoms with Crippen molar-refractivity contribution >= 4 is 0 Å². The fraction of sp³-hybridized carbons (Fsp3) is 0.538. The van der Waals surface area contributed by atoms with Gasteiger partial charge < -0.3 is 10.8 Å². The van der Waals surface area contributed by atoms with Crippen LogP contribution in [0, 0.1) is 0 Å². The standard InChI is InChI=1S/C13H18F3NO/c14-13(15,16)11-6-4-5-10(9-11)12(18)7-2-1-3-8-17/h4-6,9,12,18H,1-3,7-8,17H2/t12-/m1/s1. The first-order valence-corrected chi connectivity index (χ1v) is 6.00. The third kappa shape index (κ3) is 4.66. The first-order valence-electron chi connectivity index (χ1n) is 6.00. The quantitative estimate of drug-likeness (QED) is 0.772. The largest absolute Gasteiger partial charge is 0.416 e. The third-order valence-electron chi connectivity index (χ3n) is 2.78. The molecule has 0 bridgehead atoms. The van der Waals surface area contributed by atoms with Crippen molar-refractivity contribution in [3.8, 4) is 0 Å². The Balaban J connectivity index is 2.60. The van der Waals surface area contributed by atoms with Crippen LogP contribution in [-0.2, 0) is 6.18 Å². The molecule has 1 rings (SSSR count). The zero-order valence-electron chi connectivity index (χ0n) is 10.1. The summed E-state index contributed by atoms with van der Waals surface area (Å²) in [4.78, 5) is 0. The van der Waals surface area contributed by atoms with E-state index >= 15 is 0 Å². The Morgan fingerprint density at radius 1 is 1.17 bits per heavy atom. The van der Waals surface area contributed by atoms with E-state index in [9.17, 15) is 18.3 Å². The Morgan fingerprint density at radius 3 is 2.50 bits per heavy atom. The van der Waals surface area contributed by atoms with Gasteiger partial charge in [-0.05, 0) is 37.1 Å². The average molecular weight is 261 g/mol. The van der Waals surface area contributed by atoms with Gasteiger partial charge in [0.25, 0.3) is 0 Å². The van der Waals surface area contributed by atoms with Gasteiger partial charge in [-0.15, -0.1) is 0 Å². The number of hydrogen-bond acceptors (Lipinski definition) is 2. The zero-order chi connectivity index (χ0) is 13.6. The molecule has 0 saturated heterocycles. The van der Waals surface area contributed by atoms with Crippen molar-refractivity contribution in [2.24, 2.45) is 5.73 Å². The molecule has 1 aromatic carbocycles. The van der Waals surface area contributed by atoms with Crippen LogP contribution in [0.1, 0.15) is 42.9 Å². The molecule has 0 aliphatic rings. The topological polar surface area (TPSA) is 46.2 Å². The van der Waals surface area contributed by atoms with Gasteiger partial charge in [-0.1, -0.05) is 25.0 Å². The highest BCUT2D eigenvalue weighted by molar-refractivity contribution is 5.27. The van der Waals surface area contributed by atoms with Crippen LogP contribution >= 0.6 is 0 Å². The van der Waals surface area contributed by atoms with Crippen molar-refractivity contribution in [1.82, 2.24) is 0 Å². The second-order valence-corrected chi connectivity index (χ2v) is 4.28. The van der Waals surface area contributed by atoms with Crippen LogP contribution in [0.4, 0.5) is 13.2 Å². The van der Waals surface area contributed by atoms with E-state index in [0.717, 1.165) is 31.4 Å². The van der Waals surface area contributed by atoms with E-state index in [-0.39, 0.29) is 0 Å². The first-order chi connectivity index (χ1) is 8.45. The molecule has 0 heterocycles. The highest BCUT2D eigenvalue weighted by Crippen LogP contribution is 2.31. The number of rotatable bonds is 6. The minimum absolute atomic E-state index is 0.317. The van der Waals surface area contributed by atoms with Gasteiger partial charge in [0.1, 0.15) is 0 Å². The third-order valence-corrected chi connectivity index (χ3v) is 2.78. The van der Waals surface area contributed by atoms with Crippen LogP contribution in [0.3, 0.4) is 0 Å². The molecule has 0 aromatic heterocycles. The van der Waals surface area contributed by atoms with Gasteiger partial charge in [0, 0.05) is 0 Å². The maximum Gasteiger partial charge on any atom is 0.416 e. The van der Waals surface area contributed by atoms with Crippen LogP contribution in [0.2, 0.25) is 0 Å². The highest BCUT2D eigenvalue weighted by atomic mass is 19.4. The van der Waals surface area contributed by atoms with Gasteiger partial charge in [-0.25, -0.2) is 0 Å². The zero-order valence-corrected chi connectivity index (χ0v) is 10.1. The first kappa shape index (κ1) is 15.0. The number of aliphatic hydroxyl groups excluding tert-OH is 1. The molecule has 0 radical (unpaired) electrons. The summed E-state index contributed by atoms with van der Waals surface area (Å²) >= 11 is 0. The van der Waals surface area contributed by atoms with E-state index in [1.165, 1.54) is 12.1 Å². The number of benzene rings is 1. The predicted octanol–water partition coefficient (Wildman–Crippen LogP) is 3.26. The lowest BCUT2D eigenvalue weighted by Gasteiger charge is -2.13. The maximum absolute atomic E-state index is 12.5. The van der Waals surface area contributed by atoms with Crippen molar-refractivity contribution in [3.05, 3.63) is 35.4 Å². The molecule has 0 saturated carbocycles. The number of unbranched alkanes of at least 4 members (excludes halogenated alkanes) is 2. The van der Waals surface area contributed by atoms with Crippen LogP contribution in [-0.4, -0.2) is 11.7 Å². The van der Waals surface area contributed by atoms with Gasteiger partial charge in [0.2, 0.25) is 0 Å². The Bertz CT molecular complexity index is 365. The van der Waals surface area contributed by atoms with E-state index in [1.807, 2.05) is 0 Å². The smallest absolute Gasteiger partial charge is 0.388 e. The molecule has 0 fully saturated rings. The predicted molar refractivity (Wildman–Crippen MR) is 63.9 cm³/mol. The molecule has 3 N–H and O–H groups in total. The van der Waals surface area contributed by atoms with Crippen LogP contribution in [0.5, 0.6) is 0 Å². The number of halogens is 3. The normalized spacial score (nSPS) is 13.6. The monoisotopic (exact) mass is 261 g/mol. The summed E-state index contributed by atoms with van der Waals surface area (Å²) in [6.45, 7) is 0.597. The molecule has 102 valence electrons. The lowest BCUT2D eigenvalue weighted by atomic mass is 10.0. The van der Waals surface area contributed by atoms with Gasteiger partial charge in [0.15, 0.2) is 0 Å². The lowest BCUT2D eigenvalue weighted by molar-refractivity contribution is -0.137. The van der Waals surface area contributed by atoms with Gasteiger partial charge >= 0.3 is 6.18 Å². The Hall–Kier alpha value is -1.07. The van der Waals surface area contributed by atoms with Crippen LogP contribution in [0.15, 0.2) is 24.3 Å². The van der Waals surface area contributed by atoms with Crippen molar-refractivity contribution in [1.29, 1.82) is 0 Å². The molecule has 5 heteroatoms. The summed E-state index contributed by atoms with van der Waals surface area (Å²) in [5.41, 5.74) is 4.93. The summed E-state index contributed by atoms with van der Waals surface area (Å²) in [6, 6.07) is 4.85. The second kappa shape index (κ2) is 6.75. The van der Waals surface area contributed by atoms with E-state index < -0.39 is 17.8 Å². The van der Waals surface area contributed by atoms with Crippen LogP contribution < -0.4 is 5.73 Å². The van der Waals surface area contributed by atoms with Gasteiger partial charge in [-0.3, -0.25) is 0 Å². The minimum atomic E-state index is -4.37. The summed E-state index contributed by atoms with van der Waals surface area (Å²) in [7, 11) is 0. The van der Waals surface area contributed by atoms with Crippen molar-refractivity contribution in [2.45, 2.75) is 38.0 Å². The van der Waals surface area contributed by atoms with Gasteiger partial charge in [0.05, 0.1) is 11.7 Å². The van der Waals surface area contributed by atoms with E-state index in [0.29, 0.717) is 18.5 Å². The highest BCUT2D eigenvalue weighted by Gasteiger charge is 2.30. The average Bonchev–Trinajstić information content (AvgIpc) is 2.33. The van der Waals surface area contributed by atoms with Crippen molar-refractivity contribution in [3.63, 3.8) is 0 Å². The molecule has 1 atom stereocenters. The minimum Gasteiger partial charge on any atom is -0.388 e. The fourth-order valence-electron chi connectivity index (χ4n) is 1.75. The molecule has 0 aliphatic carbocycles. The number of alkyl halides is 3. The summed E-state index contributed by atoms with van der Waals surface area (Å²) in [5, 5.41) is 9.81.